The molecule has 2 aromatic rings. The first-order chi connectivity index (χ1) is 12.3. The van der Waals surface area contributed by atoms with Gasteiger partial charge in [0.1, 0.15) is 18.8 Å². The number of hydrogen-bond acceptors (Lipinski definition) is 2. The summed E-state index contributed by atoms with van der Waals surface area (Å²) < 4.78 is 0. The number of phenols is 1. The highest BCUT2D eigenvalue weighted by Gasteiger charge is 2.16. The predicted molar refractivity (Wildman–Crippen MR) is 106 cm³/mol. The van der Waals surface area contributed by atoms with Gasteiger partial charge in [-0.3, -0.25) is 4.79 Å². The fourth-order valence-corrected chi connectivity index (χ4v) is 2.90. The van der Waals surface area contributed by atoms with Gasteiger partial charge in [-0.25, -0.2) is 0 Å². The summed E-state index contributed by atoms with van der Waals surface area (Å²) in [7, 11) is 8.08. The van der Waals surface area contributed by atoms with Crippen molar-refractivity contribution in [1.29, 1.82) is 0 Å². The third-order valence-electron chi connectivity index (χ3n) is 3.94. The van der Waals surface area contributed by atoms with E-state index in [4.69, 9.17) is 11.6 Å². The molecule has 0 amide bonds. The van der Waals surface area contributed by atoms with Gasteiger partial charge in [-0.2, -0.15) is 0 Å². The fraction of sp³-hybridized carbons (Fsp3) is 0.286. The molecule has 0 spiro atoms. The highest BCUT2D eigenvalue weighted by atomic mass is 35.5. The van der Waals surface area contributed by atoms with Crippen LogP contribution in [0.2, 0.25) is 5.02 Å². The van der Waals surface area contributed by atoms with Crippen molar-refractivity contribution in [1.82, 2.24) is 0 Å². The van der Waals surface area contributed by atoms with Gasteiger partial charge >= 0.3 is 0 Å². The summed E-state index contributed by atoms with van der Waals surface area (Å²) in [5.74, 6) is 0.218. The fourth-order valence-electron chi connectivity index (χ4n) is 2.78. The number of aromatic hydroxyl groups is 1. The lowest BCUT2D eigenvalue weighted by Crippen LogP contribution is -3.04. The number of carbonyl (C=O) groups excluding carboxylic acids is 1. The number of carbonyl (C=O) groups is 1. The van der Waals surface area contributed by atoms with Crippen molar-refractivity contribution in [3.05, 3.63) is 69.8 Å². The van der Waals surface area contributed by atoms with Gasteiger partial charge in [0.05, 0.1) is 28.2 Å². The van der Waals surface area contributed by atoms with Crippen LogP contribution in [0.5, 0.6) is 5.75 Å². The summed E-state index contributed by atoms with van der Waals surface area (Å²) in [6.07, 6.45) is 3.34. The molecule has 0 saturated carbocycles. The molecule has 28 heavy (non-hydrogen) atoms. The third-order valence-corrected chi connectivity index (χ3v) is 4.19. The molecule has 0 unspecified atom stereocenters. The first kappa shape index (κ1) is 26.4. The van der Waals surface area contributed by atoms with E-state index >= 15 is 0 Å². The Morgan fingerprint density at radius 2 is 1.43 bits per heavy atom. The molecule has 3 N–H and O–H groups in total. The van der Waals surface area contributed by atoms with E-state index in [0.29, 0.717) is 29.4 Å². The molecule has 0 atom stereocenters. The molecule has 0 aromatic heterocycles. The number of halogens is 3. The number of rotatable bonds is 7. The van der Waals surface area contributed by atoms with Gasteiger partial charge in [-0.05, 0) is 35.9 Å². The number of hydrogen-bond donors (Lipinski definition) is 3. The Morgan fingerprint density at radius 1 is 0.964 bits per heavy atom. The summed E-state index contributed by atoms with van der Waals surface area (Å²) in [5, 5.41) is 11.2. The lowest BCUT2D eigenvalue weighted by Gasteiger charge is -2.15. The first-order valence-electron chi connectivity index (χ1n) is 8.67. The Morgan fingerprint density at radius 3 is 1.86 bits per heavy atom. The van der Waals surface area contributed by atoms with Crippen LogP contribution in [0, 0.1) is 0 Å². The molecular weight excluding hydrogens is 419 g/mol. The smallest absolute Gasteiger partial charge is 0.185 e. The van der Waals surface area contributed by atoms with Crippen molar-refractivity contribution in [2.24, 2.45) is 0 Å². The Hall–Kier alpha value is -1.56. The van der Waals surface area contributed by atoms with Gasteiger partial charge in [-0.1, -0.05) is 29.8 Å². The van der Waals surface area contributed by atoms with Gasteiger partial charge in [0.25, 0.3) is 0 Å². The zero-order valence-electron chi connectivity index (χ0n) is 16.5. The van der Waals surface area contributed by atoms with E-state index in [2.05, 4.69) is 0 Å². The van der Waals surface area contributed by atoms with E-state index in [9.17, 15) is 9.90 Å². The van der Waals surface area contributed by atoms with Crippen LogP contribution in [-0.2, 0) is 13.1 Å². The Balaban J connectivity index is 0.00000364. The van der Waals surface area contributed by atoms with Crippen molar-refractivity contribution in [2.75, 3.05) is 28.2 Å². The lowest BCUT2D eigenvalue weighted by atomic mass is 10.00. The lowest BCUT2D eigenvalue weighted by molar-refractivity contribution is -0.873. The summed E-state index contributed by atoms with van der Waals surface area (Å²) in [6.45, 7) is 1.31. The van der Waals surface area contributed by atoms with Crippen LogP contribution in [0.15, 0.2) is 42.5 Å². The molecule has 0 radical (unpaired) electrons. The predicted octanol–water partition coefficient (Wildman–Crippen LogP) is -4.76. The molecule has 0 aliphatic carbocycles. The van der Waals surface area contributed by atoms with E-state index in [1.807, 2.05) is 40.3 Å². The number of nitrogens with one attached hydrogen (secondary N) is 2. The molecule has 0 aliphatic heterocycles. The van der Waals surface area contributed by atoms with Crippen molar-refractivity contribution < 1.29 is 44.5 Å². The zero-order valence-corrected chi connectivity index (χ0v) is 18.8. The molecule has 0 heterocycles. The van der Waals surface area contributed by atoms with Gasteiger partial charge in [-0.15, -0.1) is 0 Å². The number of benzene rings is 2. The summed E-state index contributed by atoms with van der Waals surface area (Å²) in [5.41, 5.74) is 3.11. The number of phenolic OH excluding ortho intramolecular Hbond substituents is 1. The number of allylic oxidation sites excluding steroid dienone is 1. The highest BCUT2D eigenvalue weighted by Crippen LogP contribution is 2.24. The minimum Gasteiger partial charge on any atom is -1.00 e. The minimum absolute atomic E-state index is 0. The molecule has 154 valence electrons. The maximum absolute atomic E-state index is 12.7. The topological polar surface area (TPSA) is 46.2 Å². The van der Waals surface area contributed by atoms with Gasteiger partial charge in [0.2, 0.25) is 0 Å². The van der Waals surface area contributed by atoms with E-state index < -0.39 is 0 Å². The van der Waals surface area contributed by atoms with Crippen LogP contribution in [0.25, 0.3) is 6.08 Å². The normalized spacial score (nSPS) is 10.8. The molecule has 4 nitrogen and oxygen atoms in total. The average Bonchev–Trinajstić information content (AvgIpc) is 2.56. The maximum Gasteiger partial charge on any atom is 0.185 e. The quantitative estimate of drug-likeness (QED) is 0.296. The third kappa shape index (κ3) is 7.82. The van der Waals surface area contributed by atoms with Crippen LogP contribution in [0.4, 0.5) is 0 Å². The molecule has 0 fully saturated rings. The molecular formula is C21H27Cl3N2O2. The van der Waals surface area contributed by atoms with E-state index in [-0.39, 0.29) is 30.6 Å². The minimum atomic E-state index is -0.0787. The summed E-state index contributed by atoms with van der Waals surface area (Å²) in [4.78, 5) is 15.0. The highest BCUT2D eigenvalue weighted by molar-refractivity contribution is 6.30. The van der Waals surface area contributed by atoms with Gasteiger partial charge in [0.15, 0.2) is 5.78 Å². The number of quaternary nitrogens is 2. The van der Waals surface area contributed by atoms with Crippen molar-refractivity contribution in [3.8, 4) is 5.75 Å². The van der Waals surface area contributed by atoms with E-state index in [1.165, 1.54) is 9.80 Å². The summed E-state index contributed by atoms with van der Waals surface area (Å²) in [6, 6.07) is 10.9. The van der Waals surface area contributed by atoms with Crippen molar-refractivity contribution >= 4 is 23.5 Å². The van der Waals surface area contributed by atoms with E-state index in [1.54, 1.807) is 36.4 Å². The second kappa shape index (κ2) is 12.1. The second-order valence-corrected chi connectivity index (χ2v) is 7.60. The SMILES string of the molecule is C[NH+](C)Cc1cc(C(=O)/C=C/c2ccc(Cl)cc2)cc(C[NH+](C)C)c1O.[Cl-].[Cl-]. The van der Waals surface area contributed by atoms with Crippen LogP contribution in [-0.4, -0.2) is 39.1 Å². The van der Waals surface area contributed by atoms with Crippen molar-refractivity contribution in [2.45, 2.75) is 13.1 Å². The molecule has 0 aliphatic rings. The maximum atomic E-state index is 12.7. The van der Waals surface area contributed by atoms with Crippen LogP contribution >= 0.6 is 11.6 Å². The Kier molecular flexibility index (Phi) is 11.4. The van der Waals surface area contributed by atoms with Crippen molar-refractivity contribution in [3.63, 3.8) is 0 Å². The van der Waals surface area contributed by atoms with E-state index in [0.717, 1.165) is 16.7 Å². The van der Waals surface area contributed by atoms with Crippen LogP contribution in [0.3, 0.4) is 0 Å². The van der Waals surface area contributed by atoms with Crippen LogP contribution < -0.4 is 34.6 Å². The Bertz CT molecular complexity index is 773. The second-order valence-electron chi connectivity index (χ2n) is 7.16. The number of ketones is 1. The Labute approximate surface area is 184 Å². The monoisotopic (exact) mass is 444 g/mol. The molecule has 2 aromatic carbocycles. The average molecular weight is 446 g/mol. The molecule has 0 saturated heterocycles. The standard InChI is InChI=1S/C21H25ClN2O2.2ClH/c1-23(2)13-17-11-16(12-18(21(17)26)14-24(3)4)20(25)10-7-15-5-8-19(22)9-6-15;;/h5-12,26H,13-14H2,1-4H3;2*1H/b10-7+;;. The first-order valence-corrected chi connectivity index (χ1v) is 9.05. The van der Waals surface area contributed by atoms with Gasteiger partial charge < -0.3 is 39.7 Å². The van der Waals surface area contributed by atoms with Crippen LogP contribution in [0.1, 0.15) is 27.0 Å². The zero-order chi connectivity index (χ0) is 19.3. The summed E-state index contributed by atoms with van der Waals surface area (Å²) >= 11 is 5.88. The molecule has 0 bridgehead atoms. The largest absolute Gasteiger partial charge is 1.00 e. The van der Waals surface area contributed by atoms with Gasteiger partial charge in [0, 0.05) is 21.7 Å². The molecule has 2 rings (SSSR count). The molecule has 7 heteroatoms.